The van der Waals surface area contributed by atoms with Gasteiger partial charge in [0, 0.05) is 17.5 Å². The van der Waals surface area contributed by atoms with Crippen LogP contribution >= 0.6 is 11.3 Å². The third-order valence-electron chi connectivity index (χ3n) is 3.56. The van der Waals surface area contributed by atoms with E-state index in [1.807, 2.05) is 17.5 Å². The fraction of sp³-hybridized carbons (Fsp3) is 0.286. The molecule has 1 saturated carbocycles. The Morgan fingerprint density at radius 2 is 2.20 bits per heavy atom. The summed E-state index contributed by atoms with van der Waals surface area (Å²) in [5.41, 5.74) is 8.68. The van der Waals surface area contributed by atoms with Crippen LogP contribution in [0.3, 0.4) is 0 Å². The van der Waals surface area contributed by atoms with E-state index >= 15 is 0 Å². The van der Waals surface area contributed by atoms with E-state index in [1.54, 1.807) is 7.11 Å². The molecule has 0 unspecified atom stereocenters. The summed E-state index contributed by atoms with van der Waals surface area (Å²) in [6, 6.07) is 6.54. The van der Waals surface area contributed by atoms with Crippen molar-refractivity contribution in [2.45, 2.75) is 18.9 Å². The minimum Gasteiger partial charge on any atom is -0.497 e. The number of rotatable bonds is 3. The minimum absolute atomic E-state index is 0.534. The number of hydrogen-bond acceptors (Lipinski definition) is 5. The first kappa shape index (κ1) is 11.7. The summed E-state index contributed by atoms with van der Waals surface area (Å²) < 4.78 is 7.56. The van der Waals surface area contributed by atoms with E-state index in [0.717, 1.165) is 28.3 Å². The Balaban J connectivity index is 1.96. The third kappa shape index (κ3) is 1.76. The highest BCUT2D eigenvalue weighted by Crippen LogP contribution is 2.41. The molecule has 0 atom stereocenters. The zero-order valence-corrected chi connectivity index (χ0v) is 11.9. The van der Waals surface area contributed by atoms with Crippen molar-refractivity contribution in [1.29, 1.82) is 0 Å². The standard InChI is InChI=1S/C14H14N4OS/c1-19-9-4-5-12-10(6-9)16-13(18(12)8-2-3-8)11-7-20-14(15)17-11/h4-8H,2-3H2,1H3,(H2,15,17). The largest absolute Gasteiger partial charge is 0.497 e. The van der Waals surface area contributed by atoms with Crippen molar-refractivity contribution >= 4 is 27.5 Å². The molecule has 0 saturated heterocycles. The number of benzene rings is 1. The second-order valence-corrected chi connectivity index (χ2v) is 5.85. The van der Waals surface area contributed by atoms with Crippen LogP contribution in [0.4, 0.5) is 5.13 Å². The maximum Gasteiger partial charge on any atom is 0.180 e. The van der Waals surface area contributed by atoms with Gasteiger partial charge in [-0.05, 0) is 25.0 Å². The van der Waals surface area contributed by atoms with Gasteiger partial charge in [0.05, 0.1) is 18.1 Å². The van der Waals surface area contributed by atoms with E-state index in [-0.39, 0.29) is 0 Å². The molecule has 4 rings (SSSR count). The summed E-state index contributed by atoms with van der Waals surface area (Å²) in [6.45, 7) is 0. The average Bonchev–Trinajstić information content (AvgIpc) is 3.09. The Kier molecular flexibility index (Phi) is 2.47. The number of ether oxygens (including phenoxy) is 1. The van der Waals surface area contributed by atoms with Crippen LogP contribution < -0.4 is 10.5 Å². The van der Waals surface area contributed by atoms with Crippen LogP contribution in [0.1, 0.15) is 18.9 Å². The SMILES string of the molecule is COc1ccc2c(c1)nc(-c1csc(N)n1)n2C1CC1. The monoisotopic (exact) mass is 286 g/mol. The lowest BCUT2D eigenvalue weighted by Crippen LogP contribution is -1.97. The van der Waals surface area contributed by atoms with Crippen molar-refractivity contribution in [2.24, 2.45) is 0 Å². The van der Waals surface area contributed by atoms with Gasteiger partial charge in [0.2, 0.25) is 0 Å². The molecule has 5 nitrogen and oxygen atoms in total. The van der Waals surface area contributed by atoms with E-state index < -0.39 is 0 Å². The Labute approximate surface area is 120 Å². The maximum atomic E-state index is 5.75. The van der Waals surface area contributed by atoms with Crippen molar-refractivity contribution in [2.75, 3.05) is 12.8 Å². The molecule has 0 radical (unpaired) electrons. The lowest BCUT2D eigenvalue weighted by molar-refractivity contribution is 0.415. The summed E-state index contributed by atoms with van der Waals surface area (Å²) >= 11 is 1.45. The lowest BCUT2D eigenvalue weighted by Gasteiger charge is -2.05. The molecule has 1 aromatic carbocycles. The molecule has 1 aliphatic rings. The van der Waals surface area contributed by atoms with Crippen molar-refractivity contribution in [3.63, 3.8) is 0 Å². The van der Waals surface area contributed by atoms with Crippen molar-refractivity contribution in [3.05, 3.63) is 23.6 Å². The van der Waals surface area contributed by atoms with Gasteiger partial charge in [0.1, 0.15) is 11.4 Å². The van der Waals surface area contributed by atoms with E-state index in [4.69, 9.17) is 15.5 Å². The van der Waals surface area contributed by atoms with Gasteiger partial charge in [-0.1, -0.05) is 0 Å². The number of aromatic nitrogens is 3. The summed E-state index contributed by atoms with van der Waals surface area (Å²) in [5.74, 6) is 1.73. The highest BCUT2D eigenvalue weighted by molar-refractivity contribution is 7.13. The molecular weight excluding hydrogens is 272 g/mol. The topological polar surface area (TPSA) is 66.0 Å². The van der Waals surface area contributed by atoms with Gasteiger partial charge in [-0.25, -0.2) is 9.97 Å². The van der Waals surface area contributed by atoms with Crippen molar-refractivity contribution in [3.8, 4) is 17.3 Å². The van der Waals surface area contributed by atoms with Gasteiger partial charge in [-0.3, -0.25) is 0 Å². The number of thiazole rings is 1. The molecule has 2 N–H and O–H groups in total. The zero-order chi connectivity index (χ0) is 13.7. The predicted octanol–water partition coefficient (Wildman–Crippen LogP) is 3.09. The Morgan fingerprint density at radius 1 is 1.35 bits per heavy atom. The molecule has 2 aromatic heterocycles. The number of hydrogen-bond donors (Lipinski definition) is 1. The van der Waals surface area contributed by atoms with Crippen LogP contribution in [-0.4, -0.2) is 21.6 Å². The first-order valence-electron chi connectivity index (χ1n) is 6.53. The molecule has 0 spiro atoms. The molecule has 6 heteroatoms. The van der Waals surface area contributed by atoms with Gasteiger partial charge < -0.3 is 15.0 Å². The van der Waals surface area contributed by atoms with Crippen LogP contribution in [0.5, 0.6) is 5.75 Å². The van der Waals surface area contributed by atoms with E-state index in [0.29, 0.717) is 11.2 Å². The second-order valence-electron chi connectivity index (χ2n) is 4.96. The van der Waals surface area contributed by atoms with E-state index in [1.165, 1.54) is 24.2 Å². The number of methoxy groups -OCH3 is 1. The van der Waals surface area contributed by atoms with Crippen LogP contribution in [0.25, 0.3) is 22.6 Å². The molecule has 0 bridgehead atoms. The second kappa shape index (κ2) is 4.21. The first-order chi connectivity index (χ1) is 9.76. The summed E-state index contributed by atoms with van der Waals surface area (Å²) in [7, 11) is 1.67. The average molecular weight is 286 g/mol. The Hall–Kier alpha value is -2.08. The summed E-state index contributed by atoms with van der Waals surface area (Å²) in [4.78, 5) is 9.11. The zero-order valence-electron chi connectivity index (χ0n) is 11.0. The van der Waals surface area contributed by atoms with E-state index in [9.17, 15) is 0 Å². The number of nitrogens with two attached hydrogens (primary N) is 1. The predicted molar refractivity (Wildman–Crippen MR) is 80.1 cm³/mol. The Bertz CT molecular complexity index is 788. The molecule has 1 fully saturated rings. The smallest absolute Gasteiger partial charge is 0.180 e. The minimum atomic E-state index is 0.534. The molecule has 1 aliphatic carbocycles. The third-order valence-corrected chi connectivity index (χ3v) is 4.23. The summed E-state index contributed by atoms with van der Waals surface area (Å²) in [5, 5.41) is 2.54. The fourth-order valence-corrected chi connectivity index (χ4v) is 3.02. The van der Waals surface area contributed by atoms with Gasteiger partial charge in [-0.2, -0.15) is 0 Å². The molecular formula is C14H14N4OS. The fourth-order valence-electron chi connectivity index (χ4n) is 2.48. The molecule has 0 amide bonds. The Morgan fingerprint density at radius 3 is 2.85 bits per heavy atom. The highest BCUT2D eigenvalue weighted by atomic mass is 32.1. The van der Waals surface area contributed by atoms with Crippen molar-refractivity contribution in [1.82, 2.24) is 14.5 Å². The van der Waals surface area contributed by atoms with Gasteiger partial charge in [0.15, 0.2) is 11.0 Å². The molecule has 102 valence electrons. The number of anilines is 1. The quantitative estimate of drug-likeness (QED) is 0.803. The van der Waals surface area contributed by atoms with Crippen LogP contribution in [0, 0.1) is 0 Å². The number of imidazole rings is 1. The maximum absolute atomic E-state index is 5.75. The first-order valence-corrected chi connectivity index (χ1v) is 7.41. The molecule has 20 heavy (non-hydrogen) atoms. The van der Waals surface area contributed by atoms with Gasteiger partial charge in [0.25, 0.3) is 0 Å². The molecule has 3 aromatic rings. The number of fused-ring (bicyclic) bond motifs is 1. The van der Waals surface area contributed by atoms with Gasteiger partial charge in [-0.15, -0.1) is 11.3 Å². The van der Waals surface area contributed by atoms with Crippen molar-refractivity contribution < 1.29 is 4.74 Å². The van der Waals surface area contributed by atoms with Crippen LogP contribution in [-0.2, 0) is 0 Å². The number of nitrogen functional groups attached to an aromatic ring is 1. The molecule has 0 aliphatic heterocycles. The van der Waals surface area contributed by atoms with Gasteiger partial charge >= 0.3 is 0 Å². The molecule has 2 heterocycles. The van der Waals surface area contributed by atoms with Crippen LogP contribution in [0.2, 0.25) is 0 Å². The van der Waals surface area contributed by atoms with E-state index in [2.05, 4.69) is 15.6 Å². The highest BCUT2D eigenvalue weighted by Gasteiger charge is 2.29. The van der Waals surface area contributed by atoms with Crippen LogP contribution in [0.15, 0.2) is 23.6 Å². The lowest BCUT2D eigenvalue weighted by atomic mass is 10.3. The summed E-state index contributed by atoms with van der Waals surface area (Å²) in [6.07, 6.45) is 2.40. The number of nitrogens with zero attached hydrogens (tertiary/aromatic N) is 3. The normalized spacial score (nSPS) is 14.8.